The van der Waals surface area contributed by atoms with Crippen molar-refractivity contribution in [2.24, 2.45) is 11.8 Å². The van der Waals surface area contributed by atoms with Crippen molar-refractivity contribution in [3.8, 4) is 0 Å². The van der Waals surface area contributed by atoms with Crippen molar-refractivity contribution in [2.75, 3.05) is 0 Å². The summed E-state index contributed by atoms with van der Waals surface area (Å²) < 4.78 is 12.9. The molecule has 2 fully saturated rings. The van der Waals surface area contributed by atoms with Gasteiger partial charge in [0.2, 0.25) is 0 Å². The molecular formula is C14H15FO2. The lowest BCUT2D eigenvalue weighted by Crippen LogP contribution is -2.23. The Kier molecular flexibility index (Phi) is 2.33. The Morgan fingerprint density at radius 3 is 2.18 bits per heavy atom. The van der Waals surface area contributed by atoms with Gasteiger partial charge in [0.05, 0.1) is 5.60 Å². The summed E-state index contributed by atoms with van der Waals surface area (Å²) in [6.07, 6.45) is 2.48. The van der Waals surface area contributed by atoms with Gasteiger partial charge in [-0.25, -0.2) is 4.39 Å². The molecule has 3 heteroatoms. The van der Waals surface area contributed by atoms with Crippen LogP contribution in [0.5, 0.6) is 0 Å². The number of benzene rings is 1. The number of carbonyl (C=O) groups is 1. The van der Waals surface area contributed by atoms with E-state index in [9.17, 15) is 14.3 Å². The van der Waals surface area contributed by atoms with E-state index in [1.165, 1.54) is 12.1 Å². The van der Waals surface area contributed by atoms with Crippen LogP contribution in [0.2, 0.25) is 0 Å². The van der Waals surface area contributed by atoms with Crippen molar-refractivity contribution >= 4 is 5.78 Å². The van der Waals surface area contributed by atoms with Crippen LogP contribution in [-0.4, -0.2) is 10.9 Å². The topological polar surface area (TPSA) is 37.3 Å². The first kappa shape index (κ1) is 10.9. The molecule has 0 spiro atoms. The van der Waals surface area contributed by atoms with Crippen molar-refractivity contribution in [1.29, 1.82) is 0 Å². The predicted molar refractivity (Wildman–Crippen MR) is 60.8 cm³/mol. The number of hydrogen-bond donors (Lipinski definition) is 1. The molecule has 1 aromatic carbocycles. The first-order valence-corrected chi connectivity index (χ1v) is 6.07. The number of ketones is 1. The molecule has 17 heavy (non-hydrogen) atoms. The average Bonchev–Trinajstić information content (AvgIpc) is 2.72. The summed E-state index contributed by atoms with van der Waals surface area (Å²) in [7, 11) is 0. The Morgan fingerprint density at radius 1 is 1.12 bits per heavy atom. The number of carbonyl (C=O) groups excluding carboxylic acids is 1. The van der Waals surface area contributed by atoms with Crippen LogP contribution in [0.1, 0.15) is 31.2 Å². The van der Waals surface area contributed by atoms with E-state index in [1.807, 2.05) is 0 Å². The fraction of sp³-hybridized carbons (Fsp3) is 0.500. The first-order valence-electron chi connectivity index (χ1n) is 6.07. The molecule has 1 N–H and O–H groups in total. The van der Waals surface area contributed by atoms with Gasteiger partial charge in [0.25, 0.3) is 0 Å². The maximum Gasteiger partial charge on any atom is 0.133 e. The maximum absolute atomic E-state index is 12.9. The fourth-order valence-electron chi connectivity index (χ4n) is 3.43. The lowest BCUT2D eigenvalue weighted by Gasteiger charge is -2.24. The third-order valence-corrected chi connectivity index (χ3v) is 4.23. The summed E-state index contributed by atoms with van der Waals surface area (Å²) in [6.45, 7) is 0. The molecule has 2 saturated carbocycles. The minimum absolute atomic E-state index is 0.286. The van der Waals surface area contributed by atoms with Crippen molar-refractivity contribution < 1.29 is 14.3 Å². The third kappa shape index (κ3) is 1.78. The Bertz CT molecular complexity index is 436. The molecule has 0 heterocycles. The highest BCUT2D eigenvalue weighted by Gasteiger charge is 2.49. The lowest BCUT2D eigenvalue weighted by molar-refractivity contribution is -0.118. The van der Waals surface area contributed by atoms with Gasteiger partial charge in [0, 0.05) is 12.8 Å². The van der Waals surface area contributed by atoms with E-state index in [1.54, 1.807) is 12.1 Å². The Hall–Kier alpha value is -1.22. The smallest absolute Gasteiger partial charge is 0.133 e. The van der Waals surface area contributed by atoms with E-state index >= 15 is 0 Å². The van der Waals surface area contributed by atoms with Crippen LogP contribution in [0.4, 0.5) is 4.39 Å². The van der Waals surface area contributed by atoms with Crippen LogP contribution >= 0.6 is 0 Å². The summed E-state index contributed by atoms with van der Waals surface area (Å²) in [6, 6.07) is 6.06. The SMILES string of the molecule is O=C1C[C@@H]2CC(O)(c3ccc(F)cc3)C[C@@H]2C1. The van der Waals surface area contributed by atoms with Crippen molar-refractivity contribution in [1.82, 2.24) is 0 Å². The van der Waals surface area contributed by atoms with Gasteiger partial charge >= 0.3 is 0 Å². The second-order valence-corrected chi connectivity index (χ2v) is 5.41. The minimum atomic E-state index is -0.857. The van der Waals surface area contributed by atoms with Gasteiger partial charge in [-0.05, 0) is 42.4 Å². The Balaban J connectivity index is 1.85. The van der Waals surface area contributed by atoms with E-state index in [2.05, 4.69) is 0 Å². The van der Waals surface area contributed by atoms with Gasteiger partial charge in [-0.2, -0.15) is 0 Å². The summed E-state index contributed by atoms with van der Waals surface area (Å²) in [5, 5.41) is 10.6. The van der Waals surface area contributed by atoms with Crippen LogP contribution in [0.25, 0.3) is 0 Å². The van der Waals surface area contributed by atoms with E-state index in [4.69, 9.17) is 0 Å². The van der Waals surface area contributed by atoms with E-state index in [-0.39, 0.29) is 5.82 Å². The second-order valence-electron chi connectivity index (χ2n) is 5.41. The number of rotatable bonds is 1. The van der Waals surface area contributed by atoms with Gasteiger partial charge in [0.15, 0.2) is 0 Å². The van der Waals surface area contributed by atoms with Crippen LogP contribution in [0, 0.1) is 17.7 Å². The number of fused-ring (bicyclic) bond motifs is 1. The molecule has 0 saturated heterocycles. The Morgan fingerprint density at radius 2 is 1.65 bits per heavy atom. The molecule has 90 valence electrons. The minimum Gasteiger partial charge on any atom is -0.385 e. The van der Waals surface area contributed by atoms with Gasteiger partial charge in [-0.1, -0.05) is 12.1 Å². The molecule has 3 atom stereocenters. The molecule has 0 radical (unpaired) electrons. The van der Waals surface area contributed by atoms with Crippen LogP contribution < -0.4 is 0 Å². The largest absolute Gasteiger partial charge is 0.385 e. The summed E-state index contributed by atoms with van der Waals surface area (Å²) >= 11 is 0. The quantitative estimate of drug-likeness (QED) is 0.810. The third-order valence-electron chi connectivity index (χ3n) is 4.23. The molecule has 2 aliphatic carbocycles. The average molecular weight is 234 g/mol. The maximum atomic E-state index is 12.9. The highest BCUT2D eigenvalue weighted by molar-refractivity contribution is 5.81. The van der Waals surface area contributed by atoms with Gasteiger partial charge in [-0.3, -0.25) is 4.79 Å². The normalized spacial score (nSPS) is 36.2. The van der Waals surface area contributed by atoms with E-state index < -0.39 is 5.60 Å². The Labute approximate surface area is 99.5 Å². The molecule has 0 bridgehead atoms. The molecular weight excluding hydrogens is 219 g/mol. The van der Waals surface area contributed by atoms with E-state index in [0.717, 1.165) is 5.56 Å². The first-order chi connectivity index (χ1) is 8.07. The van der Waals surface area contributed by atoms with Crippen molar-refractivity contribution in [3.63, 3.8) is 0 Å². The van der Waals surface area contributed by atoms with E-state index in [0.29, 0.717) is 43.3 Å². The van der Waals surface area contributed by atoms with Crippen molar-refractivity contribution in [2.45, 2.75) is 31.3 Å². The van der Waals surface area contributed by atoms with Gasteiger partial charge in [0.1, 0.15) is 11.6 Å². The monoisotopic (exact) mass is 234 g/mol. The van der Waals surface area contributed by atoms with Crippen molar-refractivity contribution in [3.05, 3.63) is 35.6 Å². The molecule has 0 aliphatic heterocycles. The molecule has 3 rings (SSSR count). The molecule has 1 unspecified atom stereocenters. The van der Waals surface area contributed by atoms with Crippen LogP contribution in [0.15, 0.2) is 24.3 Å². The second kappa shape index (κ2) is 3.64. The molecule has 0 amide bonds. The van der Waals surface area contributed by atoms with Gasteiger partial charge < -0.3 is 5.11 Å². The standard InChI is InChI=1S/C14H15FO2/c15-12-3-1-11(2-4-12)14(17)7-9-5-13(16)6-10(9)8-14/h1-4,9-10,17H,5-8H2/t9-,10+,14?. The number of halogens is 1. The molecule has 0 aromatic heterocycles. The summed E-state index contributed by atoms with van der Waals surface area (Å²) in [4.78, 5) is 11.3. The lowest BCUT2D eigenvalue weighted by atomic mass is 9.89. The zero-order chi connectivity index (χ0) is 12.0. The van der Waals surface area contributed by atoms with Crippen LogP contribution in [-0.2, 0) is 10.4 Å². The fourth-order valence-corrected chi connectivity index (χ4v) is 3.43. The number of Topliss-reactive ketones (excluding diaryl/α,β-unsaturated/α-hetero) is 1. The molecule has 1 aromatic rings. The number of hydrogen-bond acceptors (Lipinski definition) is 2. The highest BCUT2D eigenvalue weighted by atomic mass is 19.1. The zero-order valence-electron chi connectivity index (χ0n) is 9.53. The van der Waals surface area contributed by atoms with Gasteiger partial charge in [-0.15, -0.1) is 0 Å². The predicted octanol–water partition coefficient (Wildman–Crippen LogP) is 2.40. The molecule has 2 nitrogen and oxygen atoms in total. The number of aliphatic hydroxyl groups is 1. The molecule has 2 aliphatic rings. The summed E-state index contributed by atoms with van der Waals surface area (Å²) in [5.74, 6) is 0.669. The highest BCUT2D eigenvalue weighted by Crippen LogP contribution is 2.51. The zero-order valence-corrected chi connectivity index (χ0v) is 9.53. The van der Waals surface area contributed by atoms with Crippen LogP contribution in [0.3, 0.4) is 0 Å². The summed E-state index contributed by atoms with van der Waals surface area (Å²) in [5.41, 5.74) is -0.0789.